The summed E-state index contributed by atoms with van der Waals surface area (Å²) in [4.78, 5) is 12.2. The lowest BCUT2D eigenvalue weighted by atomic mass is 10.3. The van der Waals surface area contributed by atoms with Crippen LogP contribution >= 0.6 is 0 Å². The van der Waals surface area contributed by atoms with Gasteiger partial charge in [-0.3, -0.25) is 9.69 Å². The van der Waals surface area contributed by atoms with Crippen LogP contribution in [-0.2, 0) is 4.79 Å². The first-order valence-electron chi connectivity index (χ1n) is 3.37. The first-order valence-corrected chi connectivity index (χ1v) is 3.37. The van der Waals surface area contributed by atoms with Crippen molar-refractivity contribution in [2.75, 3.05) is 19.6 Å². The molecule has 0 spiro atoms. The molecule has 0 saturated carbocycles. The number of aliphatic hydroxyl groups excluding tert-OH is 1. The fraction of sp³-hybridized carbons (Fsp3) is 0.833. The molecule has 1 saturated heterocycles. The van der Waals surface area contributed by atoms with E-state index in [-0.39, 0.29) is 18.6 Å². The van der Waals surface area contributed by atoms with Gasteiger partial charge in [-0.1, -0.05) is 0 Å². The molecule has 0 aromatic rings. The van der Waals surface area contributed by atoms with Crippen LogP contribution in [0.5, 0.6) is 0 Å². The summed E-state index contributed by atoms with van der Waals surface area (Å²) in [5, 5.41) is 9.02. The SMILES string of the molecule is NC(=O)CN1CCC(O)C1. The summed E-state index contributed by atoms with van der Waals surface area (Å²) in [6, 6.07) is 0. The van der Waals surface area contributed by atoms with Gasteiger partial charge in [-0.15, -0.1) is 0 Å². The summed E-state index contributed by atoms with van der Waals surface area (Å²) in [5.74, 6) is -0.325. The fourth-order valence-corrected chi connectivity index (χ4v) is 1.18. The molecule has 0 bridgehead atoms. The standard InChI is InChI=1S/C6H12N2O2/c7-6(10)4-8-2-1-5(9)3-8/h5,9H,1-4H2,(H2,7,10). The van der Waals surface area contributed by atoms with Gasteiger partial charge in [0.2, 0.25) is 5.91 Å². The maximum Gasteiger partial charge on any atom is 0.231 e. The minimum atomic E-state index is -0.325. The zero-order valence-electron chi connectivity index (χ0n) is 5.79. The van der Waals surface area contributed by atoms with Crippen LogP contribution in [0.1, 0.15) is 6.42 Å². The number of carbonyl (C=O) groups is 1. The van der Waals surface area contributed by atoms with Crippen LogP contribution in [0, 0.1) is 0 Å². The molecule has 3 N–H and O–H groups in total. The van der Waals surface area contributed by atoms with Crippen molar-refractivity contribution in [2.24, 2.45) is 5.73 Å². The van der Waals surface area contributed by atoms with E-state index in [4.69, 9.17) is 10.8 Å². The molecular weight excluding hydrogens is 132 g/mol. The van der Waals surface area contributed by atoms with Crippen LogP contribution in [0.15, 0.2) is 0 Å². The van der Waals surface area contributed by atoms with Gasteiger partial charge in [0, 0.05) is 13.1 Å². The van der Waals surface area contributed by atoms with Gasteiger partial charge in [-0.25, -0.2) is 0 Å². The van der Waals surface area contributed by atoms with Crippen LogP contribution in [-0.4, -0.2) is 41.7 Å². The first-order chi connectivity index (χ1) is 4.68. The van der Waals surface area contributed by atoms with E-state index < -0.39 is 0 Å². The van der Waals surface area contributed by atoms with Crippen LogP contribution in [0.2, 0.25) is 0 Å². The number of nitrogens with zero attached hydrogens (tertiary/aromatic N) is 1. The third-order valence-corrected chi connectivity index (χ3v) is 1.63. The lowest BCUT2D eigenvalue weighted by Crippen LogP contribution is -2.32. The Morgan fingerprint density at radius 1 is 1.80 bits per heavy atom. The van der Waals surface area contributed by atoms with Gasteiger partial charge in [-0.2, -0.15) is 0 Å². The molecule has 0 radical (unpaired) electrons. The Hall–Kier alpha value is -0.610. The monoisotopic (exact) mass is 144 g/mol. The molecule has 1 rings (SSSR count). The van der Waals surface area contributed by atoms with E-state index in [0.29, 0.717) is 6.54 Å². The second-order valence-electron chi connectivity index (χ2n) is 2.64. The van der Waals surface area contributed by atoms with E-state index in [2.05, 4.69) is 0 Å². The lowest BCUT2D eigenvalue weighted by molar-refractivity contribution is -0.118. The second-order valence-corrected chi connectivity index (χ2v) is 2.64. The van der Waals surface area contributed by atoms with Crippen molar-refractivity contribution in [1.29, 1.82) is 0 Å². The van der Waals surface area contributed by atoms with Gasteiger partial charge in [0.25, 0.3) is 0 Å². The molecule has 10 heavy (non-hydrogen) atoms. The highest BCUT2D eigenvalue weighted by molar-refractivity contribution is 5.75. The van der Waals surface area contributed by atoms with E-state index >= 15 is 0 Å². The molecule has 1 heterocycles. The molecule has 1 aliphatic rings. The lowest BCUT2D eigenvalue weighted by Gasteiger charge is -2.10. The maximum atomic E-state index is 10.4. The van der Waals surface area contributed by atoms with Crippen molar-refractivity contribution in [1.82, 2.24) is 4.90 Å². The Balaban J connectivity index is 2.24. The Labute approximate surface area is 59.6 Å². The summed E-state index contributed by atoms with van der Waals surface area (Å²) in [7, 11) is 0. The van der Waals surface area contributed by atoms with Gasteiger partial charge < -0.3 is 10.8 Å². The number of primary amides is 1. The third-order valence-electron chi connectivity index (χ3n) is 1.63. The summed E-state index contributed by atoms with van der Waals surface area (Å²) < 4.78 is 0. The van der Waals surface area contributed by atoms with E-state index in [1.807, 2.05) is 4.90 Å². The maximum absolute atomic E-state index is 10.4. The number of carbonyl (C=O) groups excluding carboxylic acids is 1. The largest absolute Gasteiger partial charge is 0.392 e. The van der Waals surface area contributed by atoms with E-state index in [9.17, 15) is 4.79 Å². The number of aliphatic hydroxyl groups is 1. The van der Waals surface area contributed by atoms with Gasteiger partial charge >= 0.3 is 0 Å². The van der Waals surface area contributed by atoms with Crippen molar-refractivity contribution >= 4 is 5.91 Å². The van der Waals surface area contributed by atoms with Gasteiger partial charge in [-0.05, 0) is 6.42 Å². The third kappa shape index (κ3) is 1.97. The topological polar surface area (TPSA) is 66.6 Å². The summed E-state index contributed by atoms with van der Waals surface area (Å²) >= 11 is 0. The van der Waals surface area contributed by atoms with Crippen LogP contribution in [0.4, 0.5) is 0 Å². The molecule has 4 heteroatoms. The molecule has 1 atom stereocenters. The zero-order valence-corrected chi connectivity index (χ0v) is 5.79. The van der Waals surface area contributed by atoms with E-state index in [0.717, 1.165) is 13.0 Å². The zero-order chi connectivity index (χ0) is 7.56. The fourth-order valence-electron chi connectivity index (χ4n) is 1.18. The van der Waals surface area contributed by atoms with Crippen LogP contribution < -0.4 is 5.73 Å². The van der Waals surface area contributed by atoms with Crippen molar-refractivity contribution in [2.45, 2.75) is 12.5 Å². The Bertz CT molecular complexity index is 138. The molecule has 4 nitrogen and oxygen atoms in total. The van der Waals surface area contributed by atoms with Crippen LogP contribution in [0.3, 0.4) is 0 Å². The number of rotatable bonds is 2. The molecule has 1 amide bonds. The average Bonchev–Trinajstić information content (AvgIpc) is 2.13. The first kappa shape index (κ1) is 7.50. The average molecular weight is 144 g/mol. The minimum Gasteiger partial charge on any atom is -0.392 e. The van der Waals surface area contributed by atoms with Gasteiger partial charge in [0.15, 0.2) is 0 Å². The Morgan fingerprint density at radius 2 is 2.50 bits per heavy atom. The smallest absolute Gasteiger partial charge is 0.231 e. The van der Waals surface area contributed by atoms with E-state index in [1.165, 1.54) is 0 Å². The number of hydrogen-bond acceptors (Lipinski definition) is 3. The number of β-amino-alcohol motifs (C(OH)–C–C–N with tert-alkyl or cyclic N) is 1. The molecule has 1 unspecified atom stereocenters. The van der Waals surface area contributed by atoms with Crippen molar-refractivity contribution in [3.05, 3.63) is 0 Å². The highest BCUT2D eigenvalue weighted by atomic mass is 16.3. The van der Waals surface area contributed by atoms with Crippen LogP contribution in [0.25, 0.3) is 0 Å². The quantitative estimate of drug-likeness (QED) is 0.497. The molecular formula is C6H12N2O2. The van der Waals surface area contributed by atoms with Crippen molar-refractivity contribution < 1.29 is 9.90 Å². The van der Waals surface area contributed by atoms with Crippen molar-refractivity contribution in [3.8, 4) is 0 Å². The highest BCUT2D eigenvalue weighted by Crippen LogP contribution is 2.06. The molecule has 1 fully saturated rings. The number of hydrogen-bond donors (Lipinski definition) is 2. The van der Waals surface area contributed by atoms with Gasteiger partial charge in [0.1, 0.15) is 0 Å². The summed E-state index contributed by atoms with van der Waals surface area (Å²) in [6.07, 6.45) is 0.493. The Kier molecular flexibility index (Phi) is 2.24. The molecule has 0 aromatic heterocycles. The minimum absolute atomic E-state index is 0.264. The molecule has 58 valence electrons. The normalized spacial score (nSPS) is 27.1. The second kappa shape index (κ2) is 2.98. The van der Waals surface area contributed by atoms with Crippen molar-refractivity contribution in [3.63, 3.8) is 0 Å². The Morgan fingerprint density at radius 3 is 2.90 bits per heavy atom. The molecule has 0 aromatic carbocycles. The predicted molar refractivity (Wildman–Crippen MR) is 36.3 cm³/mol. The summed E-state index contributed by atoms with van der Waals surface area (Å²) in [5.41, 5.74) is 4.96. The summed E-state index contributed by atoms with van der Waals surface area (Å²) in [6.45, 7) is 1.64. The molecule has 1 aliphatic heterocycles. The number of nitrogens with two attached hydrogens (primary N) is 1. The van der Waals surface area contributed by atoms with E-state index in [1.54, 1.807) is 0 Å². The predicted octanol–water partition coefficient (Wildman–Crippen LogP) is -1.46. The highest BCUT2D eigenvalue weighted by Gasteiger charge is 2.20. The number of likely N-dealkylation sites (tertiary alicyclic amines) is 1. The number of amides is 1. The van der Waals surface area contributed by atoms with Gasteiger partial charge in [0.05, 0.1) is 12.6 Å². The molecule has 0 aliphatic carbocycles.